The van der Waals surface area contributed by atoms with E-state index >= 15 is 0 Å². The summed E-state index contributed by atoms with van der Waals surface area (Å²) in [5, 5.41) is 15.2. The molecule has 0 aliphatic rings. The van der Waals surface area contributed by atoms with Gasteiger partial charge in [0, 0.05) is 18.3 Å². The Kier molecular flexibility index (Phi) is 8.27. The van der Waals surface area contributed by atoms with Gasteiger partial charge in [-0.1, -0.05) is 69.8 Å². The van der Waals surface area contributed by atoms with Crippen LogP contribution >= 0.6 is 11.8 Å². The van der Waals surface area contributed by atoms with Crippen LogP contribution in [-0.4, -0.2) is 32.3 Å². The zero-order valence-corrected chi connectivity index (χ0v) is 20.5. The van der Waals surface area contributed by atoms with Crippen LogP contribution in [0.15, 0.2) is 59.8 Å². The van der Waals surface area contributed by atoms with Crippen LogP contribution in [0.2, 0.25) is 0 Å². The van der Waals surface area contributed by atoms with Crippen molar-refractivity contribution in [3.63, 3.8) is 0 Å². The Labute approximate surface area is 199 Å². The molecular weight excluding hydrogens is 434 g/mol. The van der Waals surface area contributed by atoms with Crippen LogP contribution in [0.3, 0.4) is 0 Å². The van der Waals surface area contributed by atoms with E-state index in [9.17, 15) is 9.59 Å². The first kappa shape index (κ1) is 24.5. The maximum Gasteiger partial charge on any atom is 0.251 e. The molecule has 3 rings (SSSR count). The average molecular weight is 466 g/mol. The Morgan fingerprint density at radius 1 is 0.970 bits per heavy atom. The highest BCUT2D eigenvalue weighted by atomic mass is 32.2. The fourth-order valence-electron chi connectivity index (χ4n) is 3.34. The summed E-state index contributed by atoms with van der Waals surface area (Å²) >= 11 is 1.31. The van der Waals surface area contributed by atoms with Crippen molar-refractivity contribution in [1.29, 1.82) is 0 Å². The molecule has 1 atom stereocenters. The lowest BCUT2D eigenvalue weighted by Crippen LogP contribution is -2.33. The van der Waals surface area contributed by atoms with E-state index in [4.69, 9.17) is 0 Å². The molecule has 1 aromatic heterocycles. The lowest BCUT2D eigenvalue weighted by Gasteiger charge is -2.21. The van der Waals surface area contributed by atoms with Gasteiger partial charge < -0.3 is 15.2 Å². The van der Waals surface area contributed by atoms with Gasteiger partial charge in [-0.05, 0) is 41.7 Å². The van der Waals surface area contributed by atoms with E-state index in [-0.39, 0.29) is 29.5 Å². The van der Waals surface area contributed by atoms with Crippen LogP contribution in [-0.2, 0) is 11.8 Å². The van der Waals surface area contributed by atoms with Crippen molar-refractivity contribution in [3.05, 3.63) is 71.5 Å². The maximum absolute atomic E-state index is 12.7. The van der Waals surface area contributed by atoms with Crippen molar-refractivity contribution in [2.45, 2.75) is 44.8 Å². The van der Waals surface area contributed by atoms with Gasteiger partial charge >= 0.3 is 0 Å². The molecule has 0 radical (unpaired) electrons. The molecule has 3 aromatic rings. The third kappa shape index (κ3) is 6.44. The van der Waals surface area contributed by atoms with Gasteiger partial charge in [-0.15, -0.1) is 10.2 Å². The molecule has 0 aliphatic carbocycles. The number of thioether (sulfide) groups is 1. The Morgan fingerprint density at radius 2 is 1.64 bits per heavy atom. The molecule has 174 valence electrons. The van der Waals surface area contributed by atoms with Crippen molar-refractivity contribution < 1.29 is 9.59 Å². The monoisotopic (exact) mass is 465 g/mol. The quantitative estimate of drug-likeness (QED) is 0.443. The smallest absolute Gasteiger partial charge is 0.251 e. The van der Waals surface area contributed by atoms with Gasteiger partial charge in [0.05, 0.1) is 11.8 Å². The van der Waals surface area contributed by atoms with Crippen LogP contribution in [0.25, 0.3) is 0 Å². The highest BCUT2D eigenvalue weighted by Gasteiger charge is 2.25. The highest BCUT2D eigenvalue weighted by Crippen LogP contribution is 2.25. The molecule has 2 amide bonds. The number of amides is 2. The first-order valence-corrected chi connectivity index (χ1v) is 12.0. The number of aromatic nitrogens is 3. The van der Waals surface area contributed by atoms with Crippen molar-refractivity contribution in [3.8, 4) is 0 Å². The molecule has 0 saturated heterocycles. The third-order valence-electron chi connectivity index (χ3n) is 5.33. The Balaban J connectivity index is 1.62. The third-order valence-corrected chi connectivity index (χ3v) is 6.35. The fourth-order valence-corrected chi connectivity index (χ4v) is 4.06. The van der Waals surface area contributed by atoms with E-state index in [2.05, 4.69) is 34.7 Å². The molecule has 7 nitrogen and oxygen atoms in total. The number of rotatable bonds is 9. The van der Waals surface area contributed by atoms with Crippen molar-refractivity contribution >= 4 is 29.3 Å². The molecule has 0 aliphatic heterocycles. The summed E-state index contributed by atoms with van der Waals surface area (Å²) in [4.78, 5) is 25.1. The van der Waals surface area contributed by atoms with E-state index in [0.717, 1.165) is 5.69 Å². The van der Waals surface area contributed by atoms with Crippen LogP contribution in [0.1, 0.15) is 61.4 Å². The number of benzene rings is 2. The van der Waals surface area contributed by atoms with Gasteiger partial charge in [-0.25, -0.2) is 0 Å². The minimum Gasteiger partial charge on any atom is -0.342 e. The number of nitrogens with zero attached hydrogens (tertiary/aromatic N) is 3. The first-order chi connectivity index (χ1) is 15.8. The van der Waals surface area contributed by atoms with E-state index in [1.807, 2.05) is 67.9 Å². The molecule has 0 fully saturated rings. The van der Waals surface area contributed by atoms with Gasteiger partial charge in [-0.2, -0.15) is 0 Å². The van der Waals surface area contributed by atoms with Crippen LogP contribution in [0, 0.1) is 5.92 Å². The van der Waals surface area contributed by atoms with Gasteiger partial charge in [0.2, 0.25) is 5.91 Å². The predicted molar refractivity (Wildman–Crippen MR) is 132 cm³/mol. The summed E-state index contributed by atoms with van der Waals surface area (Å²) in [5.74, 6) is 1.15. The lowest BCUT2D eigenvalue weighted by molar-refractivity contribution is -0.113. The van der Waals surface area contributed by atoms with E-state index < -0.39 is 0 Å². The maximum atomic E-state index is 12.7. The number of anilines is 1. The number of hydrogen-bond donors (Lipinski definition) is 2. The Hall–Kier alpha value is -3.13. The lowest BCUT2D eigenvalue weighted by atomic mass is 10.0. The van der Waals surface area contributed by atoms with Crippen molar-refractivity contribution in [1.82, 2.24) is 20.1 Å². The number of nitrogens with one attached hydrogen (secondary N) is 2. The standard InChI is InChI=1S/C25H31N5O2S/c1-16(2)18-11-13-20(14-12-18)26-21(31)15-33-25-29-28-23(30(25)5)22(17(3)4)27-24(32)19-9-7-6-8-10-19/h6-14,16-17,22H,15H2,1-5H3,(H,26,31)(H,27,32). The number of carbonyl (C=O) groups is 2. The molecule has 0 bridgehead atoms. The molecule has 0 saturated carbocycles. The van der Waals surface area contributed by atoms with Crippen LogP contribution in [0.4, 0.5) is 5.69 Å². The molecule has 2 N–H and O–H groups in total. The number of hydrogen-bond acceptors (Lipinski definition) is 5. The van der Waals surface area contributed by atoms with Crippen molar-refractivity contribution in [2.24, 2.45) is 13.0 Å². The minimum atomic E-state index is -0.308. The topological polar surface area (TPSA) is 88.9 Å². The normalized spacial score (nSPS) is 12.1. The van der Waals surface area contributed by atoms with Crippen LogP contribution in [0.5, 0.6) is 0 Å². The van der Waals surface area contributed by atoms with Gasteiger partial charge in [0.1, 0.15) is 0 Å². The predicted octanol–water partition coefficient (Wildman–Crippen LogP) is 4.80. The highest BCUT2D eigenvalue weighted by molar-refractivity contribution is 7.99. The second-order valence-corrected chi connectivity index (χ2v) is 9.52. The minimum absolute atomic E-state index is 0.107. The molecule has 1 unspecified atom stereocenters. The molecule has 8 heteroatoms. The molecule has 2 aromatic carbocycles. The first-order valence-electron chi connectivity index (χ1n) is 11.0. The van der Waals surface area contributed by atoms with E-state index in [0.29, 0.717) is 22.5 Å². The summed E-state index contributed by atoms with van der Waals surface area (Å²) in [6, 6.07) is 16.7. The molecular formula is C25H31N5O2S. The van der Waals surface area contributed by atoms with Gasteiger partial charge in [0.15, 0.2) is 11.0 Å². The second-order valence-electron chi connectivity index (χ2n) is 8.57. The Bertz CT molecular complexity index is 1080. The Morgan fingerprint density at radius 3 is 2.24 bits per heavy atom. The number of carbonyl (C=O) groups excluding carboxylic acids is 2. The summed E-state index contributed by atoms with van der Waals surface area (Å²) in [5.41, 5.74) is 2.60. The van der Waals surface area contributed by atoms with Crippen molar-refractivity contribution in [2.75, 3.05) is 11.1 Å². The van der Waals surface area contributed by atoms with Gasteiger partial charge in [-0.3, -0.25) is 9.59 Å². The molecule has 33 heavy (non-hydrogen) atoms. The van der Waals surface area contributed by atoms with E-state index in [1.165, 1.54) is 17.3 Å². The molecule has 0 spiro atoms. The summed E-state index contributed by atoms with van der Waals surface area (Å²) in [7, 11) is 1.85. The zero-order chi connectivity index (χ0) is 24.0. The molecule has 1 heterocycles. The summed E-state index contributed by atoms with van der Waals surface area (Å²) in [6.07, 6.45) is 0. The second kappa shape index (κ2) is 11.1. The SMILES string of the molecule is CC(C)c1ccc(NC(=O)CSc2nnc(C(NC(=O)c3ccccc3)C(C)C)n2C)cc1. The van der Waals surface area contributed by atoms with Gasteiger partial charge in [0.25, 0.3) is 5.91 Å². The van der Waals surface area contributed by atoms with Crippen LogP contribution < -0.4 is 10.6 Å². The average Bonchev–Trinajstić information content (AvgIpc) is 3.16. The fraction of sp³-hybridized carbons (Fsp3) is 0.360. The van der Waals surface area contributed by atoms with E-state index in [1.54, 1.807) is 12.1 Å². The summed E-state index contributed by atoms with van der Waals surface area (Å²) < 4.78 is 1.84. The summed E-state index contributed by atoms with van der Waals surface area (Å²) in [6.45, 7) is 8.32. The largest absolute Gasteiger partial charge is 0.342 e. The zero-order valence-electron chi connectivity index (χ0n) is 19.7.